The molecule has 0 fully saturated rings. The van der Waals surface area contributed by atoms with Gasteiger partial charge in [0.05, 0.1) is 12.5 Å². The van der Waals surface area contributed by atoms with Crippen molar-refractivity contribution >= 4 is 17.5 Å². The molecule has 0 aliphatic carbocycles. The predicted octanol–water partition coefficient (Wildman–Crippen LogP) is 0.828. The first-order valence-corrected chi connectivity index (χ1v) is 7.85. The molecule has 25 heavy (non-hydrogen) atoms. The number of hydrogen-bond donors (Lipinski definition) is 1. The number of hydroxylamine groups is 1. The minimum atomic E-state index is -0.648. The SMILES string of the molecule is CO[C@H](CC(=O)N[O-])[C@H](Cc1ccc(Cl)cc1)c1ccc(F)cc1.[K+]. The number of carbonyl (C=O) groups excluding carboxylic acids is 1. The summed E-state index contributed by atoms with van der Waals surface area (Å²) in [7, 11) is 1.49. The van der Waals surface area contributed by atoms with Gasteiger partial charge in [-0.25, -0.2) is 4.39 Å². The van der Waals surface area contributed by atoms with E-state index in [4.69, 9.17) is 16.3 Å². The summed E-state index contributed by atoms with van der Waals surface area (Å²) in [5.41, 5.74) is 3.20. The van der Waals surface area contributed by atoms with Gasteiger partial charge >= 0.3 is 51.4 Å². The van der Waals surface area contributed by atoms with Crippen LogP contribution in [0, 0.1) is 11.0 Å². The Morgan fingerprint density at radius 3 is 2.32 bits per heavy atom. The number of nitrogens with one attached hydrogen (secondary N) is 1. The second-order valence-electron chi connectivity index (χ2n) is 5.49. The summed E-state index contributed by atoms with van der Waals surface area (Å²) in [5.74, 6) is -1.20. The van der Waals surface area contributed by atoms with Crippen LogP contribution in [0.4, 0.5) is 4.39 Å². The van der Waals surface area contributed by atoms with E-state index in [2.05, 4.69) is 0 Å². The standard InChI is InChI=1S/C18H18ClFNO3.K/c1-24-17(11-18(22)21-23)16(13-4-8-15(20)9-5-13)10-12-2-6-14(19)7-3-12;/h2-9,16-17H,10-11H2,1H3,(H-,21,22,23);/q-1;+1/t16-,17-;/m1./s1. The molecule has 0 heterocycles. The van der Waals surface area contributed by atoms with E-state index < -0.39 is 12.0 Å². The van der Waals surface area contributed by atoms with Crippen LogP contribution in [0.5, 0.6) is 0 Å². The monoisotopic (exact) mass is 389 g/mol. The van der Waals surface area contributed by atoms with Crippen molar-refractivity contribution in [3.8, 4) is 0 Å². The molecule has 0 aromatic heterocycles. The Balaban J connectivity index is 0.00000312. The average Bonchev–Trinajstić information content (AvgIpc) is 2.60. The fraction of sp³-hybridized carbons (Fsp3) is 0.278. The summed E-state index contributed by atoms with van der Waals surface area (Å²) in [6.45, 7) is 0. The maximum Gasteiger partial charge on any atom is 1.00 e. The summed E-state index contributed by atoms with van der Waals surface area (Å²) in [6.07, 6.45) is -0.0246. The number of hydrogen-bond acceptors (Lipinski definition) is 3. The zero-order valence-corrected chi connectivity index (χ0v) is 18.0. The van der Waals surface area contributed by atoms with Crippen LogP contribution in [0.2, 0.25) is 5.02 Å². The molecule has 0 saturated heterocycles. The van der Waals surface area contributed by atoms with Gasteiger partial charge < -0.3 is 15.4 Å². The fourth-order valence-corrected chi connectivity index (χ4v) is 2.79. The first-order valence-electron chi connectivity index (χ1n) is 7.47. The number of methoxy groups -OCH3 is 1. The van der Waals surface area contributed by atoms with Gasteiger partial charge in [-0.05, 0) is 41.8 Å². The van der Waals surface area contributed by atoms with Crippen molar-refractivity contribution in [1.82, 2.24) is 5.48 Å². The Hall–Kier alpha value is -0.314. The van der Waals surface area contributed by atoms with Gasteiger partial charge in [0.1, 0.15) is 5.82 Å². The predicted molar refractivity (Wildman–Crippen MR) is 91.2 cm³/mol. The van der Waals surface area contributed by atoms with Crippen molar-refractivity contribution < 1.29 is 65.3 Å². The van der Waals surface area contributed by atoms with E-state index in [0.717, 1.165) is 11.1 Å². The maximum absolute atomic E-state index is 13.2. The average molecular weight is 390 g/mol. The molecule has 2 aromatic rings. The van der Waals surface area contributed by atoms with Gasteiger partial charge in [-0.3, -0.25) is 4.79 Å². The third-order valence-corrected chi connectivity index (χ3v) is 4.17. The van der Waals surface area contributed by atoms with E-state index in [0.29, 0.717) is 11.4 Å². The Morgan fingerprint density at radius 2 is 1.80 bits per heavy atom. The van der Waals surface area contributed by atoms with Gasteiger partial charge in [-0.1, -0.05) is 35.9 Å². The summed E-state index contributed by atoms with van der Waals surface area (Å²) < 4.78 is 18.7. The molecule has 0 aliphatic rings. The normalized spacial score (nSPS) is 12.8. The van der Waals surface area contributed by atoms with Crippen molar-refractivity contribution in [2.75, 3.05) is 7.11 Å². The molecule has 0 saturated carbocycles. The summed E-state index contributed by atoms with van der Waals surface area (Å²) >= 11 is 5.91. The van der Waals surface area contributed by atoms with E-state index in [-0.39, 0.29) is 69.5 Å². The Kier molecular flexibility index (Phi) is 10.4. The minimum absolute atomic E-state index is 0. The smallest absolute Gasteiger partial charge is 0.759 e. The van der Waals surface area contributed by atoms with Gasteiger partial charge in [0.2, 0.25) is 5.91 Å². The van der Waals surface area contributed by atoms with Crippen molar-refractivity contribution in [2.45, 2.75) is 24.9 Å². The van der Waals surface area contributed by atoms with E-state index in [9.17, 15) is 14.4 Å². The van der Waals surface area contributed by atoms with Crippen molar-refractivity contribution in [1.29, 1.82) is 0 Å². The molecule has 2 aromatic carbocycles. The molecule has 0 unspecified atom stereocenters. The fourth-order valence-electron chi connectivity index (χ4n) is 2.66. The van der Waals surface area contributed by atoms with Crippen LogP contribution in [0.1, 0.15) is 23.5 Å². The van der Waals surface area contributed by atoms with Crippen LogP contribution in [0.3, 0.4) is 0 Å². The minimum Gasteiger partial charge on any atom is -0.759 e. The van der Waals surface area contributed by atoms with Gasteiger partial charge in [0.15, 0.2) is 0 Å². The number of halogens is 2. The summed E-state index contributed by atoms with van der Waals surface area (Å²) in [6, 6.07) is 13.4. The quantitative estimate of drug-likeness (QED) is 0.563. The van der Waals surface area contributed by atoms with Crippen molar-refractivity contribution in [2.24, 2.45) is 0 Å². The van der Waals surface area contributed by atoms with E-state index in [1.54, 1.807) is 24.3 Å². The molecule has 1 amide bonds. The molecule has 1 N–H and O–H groups in total. The molecule has 7 heteroatoms. The van der Waals surface area contributed by atoms with Crippen LogP contribution in [0.25, 0.3) is 0 Å². The molecule has 0 radical (unpaired) electrons. The molecular weight excluding hydrogens is 372 g/mol. The molecule has 4 nitrogen and oxygen atoms in total. The maximum atomic E-state index is 13.2. The summed E-state index contributed by atoms with van der Waals surface area (Å²) in [4.78, 5) is 11.5. The Morgan fingerprint density at radius 1 is 1.20 bits per heavy atom. The third kappa shape index (κ3) is 7.07. The number of carbonyl (C=O) groups is 1. The largest absolute Gasteiger partial charge is 1.00 e. The molecule has 2 rings (SSSR count). The third-order valence-electron chi connectivity index (χ3n) is 3.92. The van der Waals surface area contributed by atoms with Crippen LogP contribution in [-0.2, 0) is 16.0 Å². The molecule has 128 valence electrons. The van der Waals surface area contributed by atoms with Crippen LogP contribution >= 0.6 is 11.6 Å². The zero-order chi connectivity index (χ0) is 17.5. The number of rotatable bonds is 7. The second-order valence-corrected chi connectivity index (χ2v) is 5.93. The first-order chi connectivity index (χ1) is 11.5. The molecule has 0 bridgehead atoms. The van der Waals surface area contributed by atoms with Gasteiger partial charge in [-0.2, -0.15) is 0 Å². The van der Waals surface area contributed by atoms with Gasteiger partial charge in [0.25, 0.3) is 0 Å². The van der Waals surface area contributed by atoms with Crippen LogP contribution < -0.4 is 56.9 Å². The number of ether oxygens (including phenoxy) is 1. The zero-order valence-electron chi connectivity index (χ0n) is 14.2. The topological polar surface area (TPSA) is 61.4 Å². The molecule has 0 spiro atoms. The Labute approximate surface area is 194 Å². The first kappa shape index (κ1) is 22.7. The molecular formula is C18H18ClFKNO3. The molecule has 2 atom stereocenters. The van der Waals surface area contributed by atoms with Crippen molar-refractivity contribution in [3.63, 3.8) is 0 Å². The van der Waals surface area contributed by atoms with E-state index in [1.807, 2.05) is 12.1 Å². The van der Waals surface area contributed by atoms with E-state index in [1.165, 1.54) is 24.7 Å². The van der Waals surface area contributed by atoms with E-state index >= 15 is 0 Å². The van der Waals surface area contributed by atoms with Gasteiger partial charge in [0, 0.05) is 18.1 Å². The molecule has 0 aliphatic heterocycles. The van der Waals surface area contributed by atoms with Gasteiger partial charge in [-0.15, -0.1) is 0 Å². The second kappa shape index (κ2) is 11.4. The number of amides is 1. The van der Waals surface area contributed by atoms with Crippen LogP contribution in [-0.4, -0.2) is 19.1 Å². The van der Waals surface area contributed by atoms with Crippen molar-refractivity contribution in [3.05, 3.63) is 75.7 Å². The van der Waals surface area contributed by atoms with Crippen LogP contribution in [0.15, 0.2) is 48.5 Å². The Bertz CT molecular complexity index is 667. The number of benzene rings is 2. The summed E-state index contributed by atoms with van der Waals surface area (Å²) in [5, 5.41) is 11.2.